The molecule has 0 fully saturated rings. The number of pyridine rings is 1. The molecule has 1 unspecified atom stereocenters. The minimum Gasteiger partial charge on any atom is -0.478 e. The van der Waals surface area contributed by atoms with Gasteiger partial charge in [0.1, 0.15) is 5.82 Å². The third-order valence-electron chi connectivity index (χ3n) is 2.93. The lowest BCUT2D eigenvalue weighted by Crippen LogP contribution is -2.18. The Labute approximate surface area is 125 Å². The van der Waals surface area contributed by atoms with Crippen molar-refractivity contribution in [3.8, 4) is 0 Å². The first-order valence-electron chi connectivity index (χ1n) is 7.15. The van der Waals surface area contributed by atoms with Crippen LogP contribution < -0.4 is 5.32 Å². The number of hydrogen-bond donors (Lipinski definition) is 2. The van der Waals surface area contributed by atoms with Crippen molar-refractivity contribution in [3.63, 3.8) is 0 Å². The highest BCUT2D eigenvalue weighted by atomic mass is 32.2. The zero-order chi connectivity index (χ0) is 15.0. The number of carbonyl (C=O) groups is 1. The number of anilines is 1. The van der Waals surface area contributed by atoms with Crippen molar-refractivity contribution in [2.24, 2.45) is 0 Å². The molecule has 1 heterocycles. The maximum atomic E-state index is 11.1. The fourth-order valence-corrected chi connectivity index (χ4v) is 2.71. The van der Waals surface area contributed by atoms with Crippen LogP contribution in [0.4, 0.5) is 5.82 Å². The highest BCUT2D eigenvalue weighted by Crippen LogP contribution is 2.15. The van der Waals surface area contributed by atoms with Gasteiger partial charge in [0.25, 0.3) is 0 Å². The van der Waals surface area contributed by atoms with Gasteiger partial charge in [0, 0.05) is 11.7 Å². The molecule has 4 nitrogen and oxygen atoms in total. The number of nitrogens with one attached hydrogen (secondary N) is 1. The maximum absolute atomic E-state index is 11.1. The first kappa shape index (κ1) is 16.8. The SMILES string of the molecule is CCCc1cc(C(=O)O)cc(NC(C)CCSCC)n1. The summed E-state index contributed by atoms with van der Waals surface area (Å²) in [5, 5.41) is 12.5. The first-order chi connectivity index (χ1) is 9.56. The van der Waals surface area contributed by atoms with E-state index in [-0.39, 0.29) is 0 Å². The molecule has 20 heavy (non-hydrogen) atoms. The summed E-state index contributed by atoms with van der Waals surface area (Å²) in [7, 11) is 0. The van der Waals surface area contributed by atoms with Crippen molar-refractivity contribution in [2.75, 3.05) is 16.8 Å². The molecule has 0 bridgehead atoms. The van der Waals surface area contributed by atoms with Crippen molar-refractivity contribution >= 4 is 23.5 Å². The molecule has 1 aromatic heterocycles. The Morgan fingerprint density at radius 1 is 1.45 bits per heavy atom. The van der Waals surface area contributed by atoms with Crippen LogP contribution in [0.15, 0.2) is 12.1 Å². The van der Waals surface area contributed by atoms with Gasteiger partial charge >= 0.3 is 5.97 Å². The number of aromatic carboxylic acids is 1. The van der Waals surface area contributed by atoms with Gasteiger partial charge in [0.15, 0.2) is 0 Å². The molecule has 0 amide bonds. The van der Waals surface area contributed by atoms with E-state index in [1.807, 2.05) is 11.8 Å². The van der Waals surface area contributed by atoms with E-state index in [0.717, 1.165) is 36.5 Å². The molecule has 1 aromatic rings. The van der Waals surface area contributed by atoms with Crippen LogP contribution >= 0.6 is 11.8 Å². The average Bonchev–Trinajstić information content (AvgIpc) is 2.39. The lowest BCUT2D eigenvalue weighted by Gasteiger charge is -2.15. The van der Waals surface area contributed by atoms with Gasteiger partial charge in [0.05, 0.1) is 5.56 Å². The van der Waals surface area contributed by atoms with Crippen LogP contribution in [0.1, 0.15) is 49.7 Å². The third-order valence-corrected chi connectivity index (χ3v) is 3.86. The Morgan fingerprint density at radius 2 is 2.20 bits per heavy atom. The summed E-state index contributed by atoms with van der Waals surface area (Å²) in [5.74, 6) is 2.00. The fraction of sp³-hybridized carbons (Fsp3) is 0.600. The highest BCUT2D eigenvalue weighted by Gasteiger charge is 2.10. The number of hydrogen-bond acceptors (Lipinski definition) is 4. The summed E-state index contributed by atoms with van der Waals surface area (Å²) < 4.78 is 0. The number of rotatable bonds is 9. The van der Waals surface area contributed by atoms with Crippen molar-refractivity contribution in [3.05, 3.63) is 23.4 Å². The summed E-state index contributed by atoms with van der Waals surface area (Å²) in [5.41, 5.74) is 1.14. The van der Waals surface area contributed by atoms with Crippen molar-refractivity contribution in [1.82, 2.24) is 4.98 Å². The second-order valence-corrected chi connectivity index (χ2v) is 6.21. The average molecular weight is 296 g/mol. The van der Waals surface area contributed by atoms with Gasteiger partial charge in [-0.15, -0.1) is 0 Å². The van der Waals surface area contributed by atoms with Crippen LogP contribution in [-0.2, 0) is 6.42 Å². The van der Waals surface area contributed by atoms with Crippen molar-refractivity contribution in [2.45, 2.75) is 46.1 Å². The lowest BCUT2D eigenvalue weighted by atomic mass is 10.1. The van der Waals surface area contributed by atoms with E-state index in [2.05, 4.69) is 31.1 Å². The Kier molecular flexibility index (Phi) is 7.44. The number of carboxylic acids is 1. The van der Waals surface area contributed by atoms with Gasteiger partial charge < -0.3 is 10.4 Å². The summed E-state index contributed by atoms with van der Waals surface area (Å²) in [6.07, 6.45) is 2.80. The summed E-state index contributed by atoms with van der Waals surface area (Å²) >= 11 is 1.91. The van der Waals surface area contributed by atoms with Gasteiger partial charge in [-0.2, -0.15) is 11.8 Å². The Morgan fingerprint density at radius 3 is 2.80 bits per heavy atom. The molecule has 5 heteroatoms. The largest absolute Gasteiger partial charge is 0.478 e. The van der Waals surface area contributed by atoms with Gasteiger partial charge in [-0.25, -0.2) is 9.78 Å². The van der Waals surface area contributed by atoms with E-state index in [0.29, 0.717) is 17.4 Å². The Bertz CT molecular complexity index is 438. The molecule has 2 N–H and O–H groups in total. The van der Waals surface area contributed by atoms with Crippen molar-refractivity contribution in [1.29, 1.82) is 0 Å². The number of aromatic nitrogens is 1. The van der Waals surface area contributed by atoms with Gasteiger partial charge in [-0.05, 0) is 43.4 Å². The summed E-state index contributed by atoms with van der Waals surface area (Å²) in [6.45, 7) is 6.31. The predicted octanol–water partition coefficient (Wildman–Crippen LogP) is 3.68. The molecular formula is C15H24N2O2S. The summed E-state index contributed by atoms with van der Waals surface area (Å²) in [6, 6.07) is 3.57. The molecule has 1 rings (SSSR count). The maximum Gasteiger partial charge on any atom is 0.335 e. The van der Waals surface area contributed by atoms with E-state index < -0.39 is 5.97 Å². The minimum absolute atomic E-state index is 0.292. The van der Waals surface area contributed by atoms with Crippen LogP contribution in [-0.4, -0.2) is 33.6 Å². The minimum atomic E-state index is -0.901. The molecule has 0 saturated heterocycles. The van der Waals surface area contributed by atoms with Crippen LogP contribution in [0, 0.1) is 0 Å². The molecule has 1 atom stereocenters. The number of thioether (sulfide) groups is 1. The van der Waals surface area contributed by atoms with Crippen LogP contribution in [0.25, 0.3) is 0 Å². The monoisotopic (exact) mass is 296 g/mol. The van der Waals surface area contributed by atoms with E-state index in [1.54, 1.807) is 12.1 Å². The molecule has 112 valence electrons. The number of carboxylic acid groups (broad SMARTS) is 1. The smallest absolute Gasteiger partial charge is 0.335 e. The molecule has 0 aromatic carbocycles. The van der Waals surface area contributed by atoms with E-state index in [9.17, 15) is 4.79 Å². The molecule has 0 spiro atoms. The predicted molar refractivity (Wildman–Crippen MR) is 85.9 cm³/mol. The Balaban J connectivity index is 2.74. The standard InChI is InChI=1S/C15H24N2O2S/c1-4-6-13-9-12(15(18)19)10-14(17-13)16-11(3)7-8-20-5-2/h9-11H,4-8H2,1-3H3,(H,16,17)(H,18,19). The zero-order valence-electron chi connectivity index (χ0n) is 12.5. The molecule has 0 aliphatic rings. The third kappa shape index (κ3) is 5.82. The quantitative estimate of drug-likeness (QED) is 0.681. The van der Waals surface area contributed by atoms with Crippen LogP contribution in [0.5, 0.6) is 0 Å². The van der Waals surface area contributed by atoms with Gasteiger partial charge in [-0.1, -0.05) is 20.3 Å². The molecule has 0 aliphatic carbocycles. The number of aryl methyl sites for hydroxylation is 1. The topological polar surface area (TPSA) is 62.2 Å². The second kappa shape index (κ2) is 8.84. The lowest BCUT2D eigenvalue weighted by molar-refractivity contribution is 0.0696. The normalized spacial score (nSPS) is 12.2. The fourth-order valence-electron chi connectivity index (χ4n) is 1.90. The van der Waals surface area contributed by atoms with Gasteiger partial charge in [-0.3, -0.25) is 0 Å². The van der Waals surface area contributed by atoms with Crippen LogP contribution in [0.2, 0.25) is 0 Å². The number of nitrogens with zero attached hydrogens (tertiary/aromatic N) is 1. The van der Waals surface area contributed by atoms with E-state index >= 15 is 0 Å². The molecule has 0 radical (unpaired) electrons. The summed E-state index contributed by atoms with van der Waals surface area (Å²) in [4.78, 5) is 15.6. The zero-order valence-corrected chi connectivity index (χ0v) is 13.3. The van der Waals surface area contributed by atoms with Crippen LogP contribution in [0.3, 0.4) is 0 Å². The second-order valence-electron chi connectivity index (χ2n) is 4.82. The first-order valence-corrected chi connectivity index (χ1v) is 8.30. The Hall–Kier alpha value is -1.23. The highest BCUT2D eigenvalue weighted by molar-refractivity contribution is 7.99. The molecule has 0 saturated carbocycles. The molecule has 0 aliphatic heterocycles. The van der Waals surface area contributed by atoms with Crippen molar-refractivity contribution < 1.29 is 9.90 Å². The van der Waals surface area contributed by atoms with Gasteiger partial charge in [0.2, 0.25) is 0 Å². The van der Waals surface area contributed by atoms with E-state index in [4.69, 9.17) is 5.11 Å². The van der Waals surface area contributed by atoms with E-state index in [1.165, 1.54) is 0 Å². The molecular weight excluding hydrogens is 272 g/mol.